The quantitative estimate of drug-likeness (QED) is 0.121. The highest BCUT2D eigenvalue weighted by molar-refractivity contribution is 7.48. The van der Waals surface area contributed by atoms with Crippen LogP contribution in [0.3, 0.4) is 0 Å². The summed E-state index contributed by atoms with van der Waals surface area (Å²) in [6.07, 6.45) is -2.22. The normalized spacial score (nSPS) is 17.4. The number of halogens is 3. The van der Waals surface area contributed by atoms with Crippen molar-refractivity contribution in [1.82, 2.24) is 0 Å². The van der Waals surface area contributed by atoms with Gasteiger partial charge in [-0.3, -0.25) is 18.4 Å². The number of aryl methyl sites for hydroxylation is 1. The Morgan fingerprint density at radius 1 is 0.872 bits per heavy atom. The zero-order chi connectivity index (χ0) is 34.3. The standard InChI is InChI=1S/C34H37F3NO8P/c1-31(2,3)45-47(40,46-32(4,5)6)42-20-33(19-41-21-38-33)15-14-22-10-12-26-29(16-22)44-28-13-11-25(18-27(28)30(26)39)43-24-9-7-8-23(17-24)34(35,36)37/h7-13,16-18,21H,14-15,19-20H2,1-6H3. The number of fused-ring (bicyclic) bond motifs is 2. The third-order valence-corrected chi connectivity index (χ3v) is 8.99. The van der Waals surface area contributed by atoms with Crippen LogP contribution in [0.4, 0.5) is 13.2 Å². The van der Waals surface area contributed by atoms with Gasteiger partial charge < -0.3 is 13.9 Å². The fraction of sp³-hybridized carbons (Fsp3) is 0.412. The molecule has 0 spiro atoms. The smallest absolute Gasteiger partial charge is 0.475 e. The summed E-state index contributed by atoms with van der Waals surface area (Å²) in [7, 11) is -3.98. The number of hydrogen-bond acceptors (Lipinski definition) is 9. The molecule has 47 heavy (non-hydrogen) atoms. The molecule has 13 heteroatoms. The minimum atomic E-state index is -4.51. The number of rotatable bonds is 10. The Morgan fingerprint density at radius 3 is 2.21 bits per heavy atom. The summed E-state index contributed by atoms with van der Waals surface area (Å²) in [6.45, 7) is 10.7. The van der Waals surface area contributed by atoms with Crippen LogP contribution in [0.1, 0.15) is 59.1 Å². The van der Waals surface area contributed by atoms with Gasteiger partial charge in [0.25, 0.3) is 0 Å². The van der Waals surface area contributed by atoms with E-state index in [2.05, 4.69) is 4.99 Å². The summed E-state index contributed by atoms with van der Waals surface area (Å²) in [5.41, 5.74) is -2.08. The van der Waals surface area contributed by atoms with Crippen LogP contribution >= 0.6 is 7.82 Å². The van der Waals surface area contributed by atoms with Crippen LogP contribution in [-0.4, -0.2) is 36.4 Å². The Bertz CT molecular complexity index is 1890. The van der Waals surface area contributed by atoms with Crippen LogP contribution < -0.4 is 10.2 Å². The Morgan fingerprint density at radius 2 is 1.57 bits per heavy atom. The molecule has 5 rings (SSSR count). The van der Waals surface area contributed by atoms with E-state index in [9.17, 15) is 22.5 Å². The first kappa shape index (κ1) is 34.6. The highest BCUT2D eigenvalue weighted by Crippen LogP contribution is 2.56. The Balaban J connectivity index is 1.34. The van der Waals surface area contributed by atoms with Crippen molar-refractivity contribution in [2.24, 2.45) is 4.99 Å². The van der Waals surface area contributed by atoms with E-state index >= 15 is 0 Å². The van der Waals surface area contributed by atoms with E-state index in [1.807, 2.05) is 0 Å². The summed E-state index contributed by atoms with van der Waals surface area (Å²) in [5, 5.41) is 0.556. The Hall–Kier alpha value is -3.70. The van der Waals surface area contributed by atoms with Gasteiger partial charge in [0.15, 0.2) is 6.40 Å². The lowest BCUT2D eigenvalue weighted by Crippen LogP contribution is -2.36. The third kappa shape index (κ3) is 8.81. The first-order valence-corrected chi connectivity index (χ1v) is 16.4. The molecule has 0 radical (unpaired) electrons. The van der Waals surface area contributed by atoms with Crippen molar-refractivity contribution in [1.29, 1.82) is 0 Å². The van der Waals surface area contributed by atoms with Crippen molar-refractivity contribution >= 4 is 36.2 Å². The van der Waals surface area contributed by atoms with Gasteiger partial charge >= 0.3 is 14.0 Å². The number of aliphatic imine (C=N–C) groups is 1. The molecule has 3 aromatic carbocycles. The maximum absolute atomic E-state index is 13.6. The van der Waals surface area contributed by atoms with E-state index < -0.39 is 36.3 Å². The number of phosphoric ester groups is 1. The number of phosphoric acid groups is 1. The van der Waals surface area contributed by atoms with E-state index in [4.69, 9.17) is 27.5 Å². The molecule has 1 aliphatic rings. The largest absolute Gasteiger partial charge is 0.481 e. The average Bonchev–Trinajstić information content (AvgIpc) is 3.42. The van der Waals surface area contributed by atoms with Crippen LogP contribution in [0.5, 0.6) is 11.5 Å². The summed E-state index contributed by atoms with van der Waals surface area (Å²) < 4.78 is 87.5. The lowest BCUT2D eigenvalue weighted by Gasteiger charge is -2.33. The Kier molecular flexibility index (Phi) is 9.38. The van der Waals surface area contributed by atoms with Crippen molar-refractivity contribution in [3.05, 3.63) is 82.0 Å². The lowest BCUT2D eigenvalue weighted by atomic mass is 9.93. The molecular formula is C34H37F3NO8P. The van der Waals surface area contributed by atoms with Gasteiger partial charge in [0.1, 0.15) is 34.8 Å². The molecule has 0 saturated heterocycles. The second-order valence-electron chi connectivity index (χ2n) is 13.4. The molecule has 4 aromatic rings. The number of alkyl halides is 3. The number of nitrogens with zero attached hydrogens (tertiary/aromatic N) is 1. The molecule has 1 atom stereocenters. The summed E-state index contributed by atoms with van der Waals surface area (Å²) in [6, 6.07) is 14.3. The maximum Gasteiger partial charge on any atom is 0.475 e. The Labute approximate surface area is 270 Å². The highest BCUT2D eigenvalue weighted by atomic mass is 31.2. The van der Waals surface area contributed by atoms with Gasteiger partial charge in [-0.05, 0) is 108 Å². The van der Waals surface area contributed by atoms with Crippen molar-refractivity contribution in [2.45, 2.75) is 77.3 Å². The van der Waals surface area contributed by atoms with Crippen molar-refractivity contribution in [2.75, 3.05) is 13.2 Å². The zero-order valence-corrected chi connectivity index (χ0v) is 27.9. The number of ether oxygens (including phenoxy) is 2. The van der Waals surface area contributed by atoms with Crippen LogP contribution in [-0.2, 0) is 35.5 Å². The molecule has 9 nitrogen and oxygen atoms in total. The number of hydrogen-bond donors (Lipinski definition) is 0. The zero-order valence-electron chi connectivity index (χ0n) is 27.0. The molecule has 0 bridgehead atoms. The van der Waals surface area contributed by atoms with Gasteiger partial charge in [-0.1, -0.05) is 12.1 Å². The van der Waals surface area contributed by atoms with Crippen LogP contribution in [0.2, 0.25) is 0 Å². The molecule has 0 N–H and O–H groups in total. The fourth-order valence-electron chi connectivity index (χ4n) is 4.95. The van der Waals surface area contributed by atoms with Crippen LogP contribution in [0, 0.1) is 0 Å². The van der Waals surface area contributed by atoms with E-state index in [1.165, 1.54) is 30.7 Å². The van der Waals surface area contributed by atoms with E-state index in [0.717, 1.165) is 17.7 Å². The molecule has 1 unspecified atom stereocenters. The van der Waals surface area contributed by atoms with Gasteiger partial charge in [-0.15, -0.1) is 0 Å². The second kappa shape index (κ2) is 12.7. The van der Waals surface area contributed by atoms with Gasteiger partial charge in [-0.2, -0.15) is 13.2 Å². The maximum atomic E-state index is 13.6. The predicted octanol–water partition coefficient (Wildman–Crippen LogP) is 9.24. The first-order chi connectivity index (χ1) is 21.8. The minimum Gasteiger partial charge on any atom is -0.481 e. The van der Waals surface area contributed by atoms with E-state index in [1.54, 1.807) is 65.8 Å². The molecule has 0 aliphatic carbocycles. The van der Waals surface area contributed by atoms with Gasteiger partial charge in [0.2, 0.25) is 5.43 Å². The molecule has 1 aromatic heterocycles. The minimum absolute atomic E-state index is 0.0135. The van der Waals surface area contributed by atoms with Crippen molar-refractivity contribution < 1.29 is 45.2 Å². The molecule has 0 saturated carbocycles. The molecule has 1 aliphatic heterocycles. The summed E-state index contributed by atoms with van der Waals surface area (Å²) >= 11 is 0. The number of benzene rings is 3. The van der Waals surface area contributed by atoms with Crippen molar-refractivity contribution in [3.8, 4) is 11.5 Å². The second-order valence-corrected chi connectivity index (χ2v) is 15.0. The van der Waals surface area contributed by atoms with Gasteiger partial charge in [0, 0.05) is 0 Å². The van der Waals surface area contributed by atoms with E-state index in [0.29, 0.717) is 29.4 Å². The molecule has 0 fully saturated rings. The third-order valence-electron chi connectivity index (χ3n) is 7.00. The fourth-order valence-corrected chi connectivity index (χ4v) is 6.84. The van der Waals surface area contributed by atoms with Crippen LogP contribution in [0.15, 0.2) is 74.9 Å². The molecule has 2 heterocycles. The van der Waals surface area contributed by atoms with Gasteiger partial charge in [-0.25, -0.2) is 9.56 Å². The SMILES string of the molecule is CC(C)(C)OP(=O)(OCC1(CCc2ccc3c(=O)c4cc(Oc5cccc(C(F)(F)F)c5)ccc4oc3c2)COC=N1)OC(C)(C)C. The summed E-state index contributed by atoms with van der Waals surface area (Å²) in [5.74, 6) is 0.178. The molecule has 252 valence electrons. The average molecular weight is 676 g/mol. The predicted molar refractivity (Wildman–Crippen MR) is 172 cm³/mol. The summed E-state index contributed by atoms with van der Waals surface area (Å²) in [4.78, 5) is 17.9. The highest BCUT2D eigenvalue weighted by Gasteiger charge is 2.42. The molecule has 0 amide bonds. The van der Waals surface area contributed by atoms with E-state index in [-0.39, 0.29) is 35.5 Å². The first-order valence-electron chi connectivity index (χ1n) is 15.0. The van der Waals surface area contributed by atoms with Crippen LogP contribution in [0.25, 0.3) is 21.9 Å². The van der Waals surface area contributed by atoms with Gasteiger partial charge in [0.05, 0.1) is 34.1 Å². The molecular weight excluding hydrogens is 638 g/mol. The topological polar surface area (TPSA) is 106 Å². The monoisotopic (exact) mass is 675 g/mol. The lowest BCUT2D eigenvalue weighted by molar-refractivity contribution is -0.137. The van der Waals surface area contributed by atoms with Crippen molar-refractivity contribution in [3.63, 3.8) is 0 Å².